The van der Waals surface area contributed by atoms with Crippen molar-refractivity contribution in [3.8, 4) is 0 Å². The van der Waals surface area contributed by atoms with Gasteiger partial charge in [-0.2, -0.15) is 0 Å². The van der Waals surface area contributed by atoms with Crippen LogP contribution in [0, 0.1) is 18.8 Å². The average Bonchev–Trinajstić information content (AvgIpc) is 2.80. The van der Waals surface area contributed by atoms with Crippen LogP contribution in [0.5, 0.6) is 0 Å². The van der Waals surface area contributed by atoms with Crippen molar-refractivity contribution in [1.29, 1.82) is 0 Å². The Labute approximate surface area is 195 Å². The van der Waals surface area contributed by atoms with E-state index in [4.69, 9.17) is 5.11 Å². The molecule has 1 aliphatic carbocycles. The highest BCUT2D eigenvalue weighted by molar-refractivity contribution is 5.92. The van der Waals surface area contributed by atoms with Crippen molar-refractivity contribution in [2.75, 3.05) is 0 Å². The molecule has 1 aromatic carbocycles. The van der Waals surface area contributed by atoms with E-state index in [2.05, 4.69) is 4.98 Å². The van der Waals surface area contributed by atoms with Gasteiger partial charge in [0.1, 0.15) is 11.9 Å². The van der Waals surface area contributed by atoms with Gasteiger partial charge in [-0.1, -0.05) is 30.3 Å². The van der Waals surface area contributed by atoms with Gasteiger partial charge in [-0.15, -0.1) is 13.2 Å². The first-order chi connectivity index (χ1) is 16.0. The Morgan fingerprint density at radius 2 is 1.76 bits per heavy atom. The van der Waals surface area contributed by atoms with Crippen LogP contribution in [-0.2, 0) is 11.3 Å². The third-order valence-electron chi connectivity index (χ3n) is 6.32. The first kappa shape index (κ1) is 25.6. The van der Waals surface area contributed by atoms with E-state index in [-0.39, 0.29) is 34.4 Å². The number of aromatic nitrogens is 1. The normalized spacial score (nSPS) is 19.4. The molecular formula is C25H28F4N2O3. The Balaban J connectivity index is 1.70. The second-order valence-electron chi connectivity index (χ2n) is 8.87. The van der Waals surface area contributed by atoms with E-state index in [1.807, 2.05) is 0 Å². The van der Waals surface area contributed by atoms with Crippen molar-refractivity contribution in [3.63, 3.8) is 0 Å². The number of carboxylic acids is 1. The van der Waals surface area contributed by atoms with Crippen LogP contribution < -0.4 is 0 Å². The van der Waals surface area contributed by atoms with E-state index in [1.54, 1.807) is 18.2 Å². The van der Waals surface area contributed by atoms with E-state index in [1.165, 1.54) is 25.1 Å². The zero-order valence-corrected chi connectivity index (χ0v) is 18.9. The van der Waals surface area contributed by atoms with Gasteiger partial charge in [-0.3, -0.25) is 9.59 Å². The lowest BCUT2D eigenvalue weighted by Crippen LogP contribution is -2.42. The summed E-state index contributed by atoms with van der Waals surface area (Å²) in [7, 11) is 0. The summed E-state index contributed by atoms with van der Waals surface area (Å²) in [6.07, 6.45) is -3.14. The lowest BCUT2D eigenvalue weighted by molar-refractivity contribution is -0.228. The quantitative estimate of drug-likeness (QED) is 0.359. The molecule has 2 aromatic rings. The lowest BCUT2D eigenvalue weighted by atomic mass is 9.79. The second-order valence-corrected chi connectivity index (χ2v) is 8.87. The molecule has 0 bridgehead atoms. The highest BCUT2D eigenvalue weighted by Gasteiger charge is 2.42. The molecule has 9 heteroatoms. The number of nitrogens with zero attached hydrogens (tertiary/aromatic N) is 2. The van der Waals surface area contributed by atoms with Crippen LogP contribution in [0.4, 0.5) is 17.6 Å². The summed E-state index contributed by atoms with van der Waals surface area (Å²) in [5.74, 6) is -2.27. The first-order valence-electron chi connectivity index (χ1n) is 11.3. The minimum Gasteiger partial charge on any atom is -0.481 e. The fourth-order valence-corrected chi connectivity index (χ4v) is 4.41. The molecular weight excluding hydrogens is 452 g/mol. The number of carboxylic acid groups (broad SMARTS) is 1. The summed E-state index contributed by atoms with van der Waals surface area (Å²) in [6, 6.07) is 10.4. The van der Waals surface area contributed by atoms with Crippen LogP contribution in [0.3, 0.4) is 0 Å². The Morgan fingerprint density at radius 3 is 2.35 bits per heavy atom. The average molecular weight is 481 g/mol. The Kier molecular flexibility index (Phi) is 8.28. The molecule has 5 nitrogen and oxygen atoms in total. The predicted octanol–water partition coefficient (Wildman–Crippen LogP) is 6.23. The zero-order valence-electron chi connectivity index (χ0n) is 18.9. The number of aryl methyl sites for hydroxylation is 1. The fraction of sp³-hybridized carbons (Fsp3) is 0.480. The van der Waals surface area contributed by atoms with Crippen LogP contribution in [0.1, 0.15) is 72.0 Å². The number of benzene rings is 1. The van der Waals surface area contributed by atoms with Gasteiger partial charge in [0.15, 0.2) is 0 Å². The zero-order chi connectivity index (χ0) is 24.9. The van der Waals surface area contributed by atoms with E-state index < -0.39 is 36.6 Å². The molecule has 1 heterocycles. The van der Waals surface area contributed by atoms with Crippen LogP contribution in [0.25, 0.3) is 0 Å². The van der Waals surface area contributed by atoms with Crippen molar-refractivity contribution in [3.05, 3.63) is 65.0 Å². The van der Waals surface area contributed by atoms with Gasteiger partial charge in [0.2, 0.25) is 0 Å². The molecule has 1 N–H and O–H groups in total. The first-order valence-corrected chi connectivity index (χ1v) is 11.3. The standard InChI is InChI=1S/C25H28F4N2O3/c1-16-13-20(21(26)12-9-17-7-10-19(11-8-17)24(33)34)14-22(30-16)23(32)31(25(27,28)29)15-18-5-3-2-4-6-18/h2-6,13-14,17,19,21H,7-12,15H2,1H3,(H,33,34). The van der Waals surface area contributed by atoms with Gasteiger partial charge in [0, 0.05) is 5.69 Å². The number of halogens is 4. The van der Waals surface area contributed by atoms with Crippen molar-refractivity contribution >= 4 is 11.9 Å². The molecule has 1 unspecified atom stereocenters. The minimum absolute atomic E-state index is 0.122. The number of hydrogen-bond acceptors (Lipinski definition) is 3. The number of alkyl halides is 4. The molecule has 0 saturated heterocycles. The van der Waals surface area contributed by atoms with Gasteiger partial charge >= 0.3 is 12.3 Å². The third kappa shape index (κ3) is 6.77. The molecule has 0 aliphatic heterocycles. The van der Waals surface area contributed by atoms with E-state index in [9.17, 15) is 22.8 Å². The molecule has 34 heavy (non-hydrogen) atoms. The summed E-state index contributed by atoms with van der Waals surface area (Å²) in [5, 5.41) is 9.09. The Morgan fingerprint density at radius 1 is 1.12 bits per heavy atom. The molecule has 1 amide bonds. The van der Waals surface area contributed by atoms with E-state index >= 15 is 4.39 Å². The molecule has 0 spiro atoms. The van der Waals surface area contributed by atoms with Gasteiger partial charge in [-0.05, 0) is 74.6 Å². The summed E-state index contributed by atoms with van der Waals surface area (Å²) >= 11 is 0. The molecule has 3 rings (SSSR count). The SMILES string of the molecule is Cc1cc(C(F)CCC2CCC(C(=O)O)CC2)cc(C(=O)N(Cc2ccccc2)C(F)(F)F)n1. The van der Waals surface area contributed by atoms with E-state index in [0.29, 0.717) is 37.7 Å². The van der Waals surface area contributed by atoms with Gasteiger partial charge in [-0.25, -0.2) is 14.3 Å². The molecule has 1 aliphatic rings. The highest BCUT2D eigenvalue weighted by atomic mass is 19.4. The molecule has 1 saturated carbocycles. The Bertz CT molecular complexity index is 989. The second kappa shape index (κ2) is 11.0. The van der Waals surface area contributed by atoms with Gasteiger partial charge < -0.3 is 5.11 Å². The highest BCUT2D eigenvalue weighted by Crippen LogP contribution is 2.35. The van der Waals surface area contributed by atoms with E-state index in [0.717, 1.165) is 6.07 Å². The summed E-state index contributed by atoms with van der Waals surface area (Å²) in [4.78, 5) is 27.6. The van der Waals surface area contributed by atoms with Crippen LogP contribution in [-0.4, -0.2) is 33.2 Å². The molecule has 184 valence electrons. The largest absolute Gasteiger partial charge is 0.487 e. The fourth-order valence-electron chi connectivity index (χ4n) is 4.41. The molecule has 0 radical (unpaired) electrons. The number of amides is 1. The van der Waals surface area contributed by atoms with Crippen molar-refractivity contribution in [2.24, 2.45) is 11.8 Å². The lowest BCUT2D eigenvalue weighted by Gasteiger charge is -2.26. The maximum Gasteiger partial charge on any atom is 0.487 e. The van der Waals surface area contributed by atoms with Crippen LogP contribution in [0.2, 0.25) is 0 Å². The number of hydrogen-bond donors (Lipinski definition) is 1. The maximum absolute atomic E-state index is 15.0. The topological polar surface area (TPSA) is 70.5 Å². The smallest absolute Gasteiger partial charge is 0.481 e. The third-order valence-corrected chi connectivity index (χ3v) is 6.32. The number of carbonyl (C=O) groups excluding carboxylic acids is 1. The number of carbonyl (C=O) groups is 2. The minimum atomic E-state index is -4.93. The maximum atomic E-state index is 15.0. The summed E-state index contributed by atoms with van der Waals surface area (Å²) in [6.45, 7) is 0.835. The van der Waals surface area contributed by atoms with Crippen LogP contribution >= 0.6 is 0 Å². The molecule has 1 atom stereocenters. The van der Waals surface area contributed by atoms with Gasteiger partial charge in [0.05, 0.1) is 12.5 Å². The summed E-state index contributed by atoms with van der Waals surface area (Å²) in [5.41, 5.74) is 0.235. The molecule has 1 aromatic heterocycles. The predicted molar refractivity (Wildman–Crippen MR) is 118 cm³/mol. The van der Waals surface area contributed by atoms with Crippen LogP contribution in [0.15, 0.2) is 42.5 Å². The van der Waals surface area contributed by atoms with Gasteiger partial charge in [0.25, 0.3) is 5.91 Å². The Hall–Kier alpha value is -2.97. The number of rotatable bonds is 8. The number of pyridine rings is 1. The van der Waals surface area contributed by atoms with Crippen molar-refractivity contribution < 1.29 is 32.3 Å². The monoisotopic (exact) mass is 480 g/mol. The molecule has 1 fully saturated rings. The van der Waals surface area contributed by atoms with Crippen molar-refractivity contribution in [1.82, 2.24) is 9.88 Å². The number of aliphatic carboxylic acids is 1. The van der Waals surface area contributed by atoms with Crippen molar-refractivity contribution in [2.45, 2.75) is 64.5 Å². The summed E-state index contributed by atoms with van der Waals surface area (Å²) < 4.78 is 56.0.